The number of hydrogen-bond acceptors (Lipinski definition) is 4. The second-order valence-electron chi connectivity index (χ2n) is 3.53. The molecule has 0 radical (unpaired) electrons. The van der Waals surface area contributed by atoms with Gasteiger partial charge in [0.25, 0.3) is 0 Å². The van der Waals surface area contributed by atoms with Crippen molar-refractivity contribution in [3.05, 3.63) is 46.2 Å². The number of benzene rings is 1. The Morgan fingerprint density at radius 3 is 2.81 bits per heavy atom. The molecule has 1 heterocycles. The molecule has 1 aromatic heterocycles. The summed E-state index contributed by atoms with van der Waals surface area (Å²) < 4.78 is 17.1. The summed E-state index contributed by atoms with van der Waals surface area (Å²) in [6, 6.07) is 6.44. The largest absolute Gasteiger partial charge is 0.387 e. The summed E-state index contributed by atoms with van der Waals surface area (Å²) in [5.41, 5.74) is 1.21. The fraction of sp³-hybridized carbons (Fsp3) is 0.273. The Labute approximate surface area is 96.7 Å². The van der Waals surface area contributed by atoms with Gasteiger partial charge in [-0.2, -0.15) is 0 Å². The van der Waals surface area contributed by atoms with E-state index in [1.165, 1.54) is 6.07 Å². The van der Waals surface area contributed by atoms with Crippen molar-refractivity contribution < 1.29 is 9.50 Å². The molecule has 84 valence electrons. The molecule has 3 nitrogen and oxygen atoms in total. The topological polar surface area (TPSA) is 46.0 Å². The number of aliphatic hydroxyl groups excluding tert-OH is 1. The minimum Gasteiger partial charge on any atom is -0.387 e. The molecule has 0 bridgehead atoms. The van der Waals surface area contributed by atoms with Crippen molar-refractivity contribution >= 4 is 11.5 Å². The molecule has 0 fully saturated rings. The molecule has 5 heteroatoms. The number of rotatable bonds is 3. The van der Waals surface area contributed by atoms with Gasteiger partial charge >= 0.3 is 0 Å². The molecule has 1 atom stereocenters. The van der Waals surface area contributed by atoms with E-state index in [0.29, 0.717) is 16.1 Å². The van der Waals surface area contributed by atoms with Crippen LogP contribution in [0.25, 0.3) is 0 Å². The molecule has 2 aromatic rings. The van der Waals surface area contributed by atoms with Crippen molar-refractivity contribution in [3.8, 4) is 0 Å². The highest BCUT2D eigenvalue weighted by Gasteiger charge is 2.16. The molecule has 1 N–H and O–H groups in total. The van der Waals surface area contributed by atoms with E-state index >= 15 is 0 Å². The third-order valence-corrected chi connectivity index (χ3v) is 3.29. The van der Waals surface area contributed by atoms with Gasteiger partial charge in [-0.1, -0.05) is 22.7 Å². The molecule has 1 unspecified atom stereocenters. The minimum atomic E-state index is -0.739. The quantitative estimate of drug-likeness (QED) is 0.892. The predicted octanol–water partition coefficient (Wildman–Crippen LogP) is 2.26. The lowest BCUT2D eigenvalue weighted by molar-refractivity contribution is 0.180. The van der Waals surface area contributed by atoms with Crippen LogP contribution >= 0.6 is 11.5 Å². The predicted molar refractivity (Wildman–Crippen MR) is 59.7 cm³/mol. The number of aliphatic hydroxyl groups is 1. The first-order chi connectivity index (χ1) is 7.68. The van der Waals surface area contributed by atoms with Crippen LogP contribution in [0.4, 0.5) is 4.39 Å². The Bertz CT molecular complexity index is 486. The summed E-state index contributed by atoms with van der Waals surface area (Å²) in [4.78, 5) is 0.697. The highest BCUT2D eigenvalue weighted by Crippen LogP contribution is 2.24. The summed E-state index contributed by atoms with van der Waals surface area (Å²) in [6.45, 7) is 1.78. The van der Waals surface area contributed by atoms with E-state index in [1.54, 1.807) is 25.1 Å². The highest BCUT2D eigenvalue weighted by molar-refractivity contribution is 7.05. The molecule has 0 aliphatic rings. The van der Waals surface area contributed by atoms with Gasteiger partial charge in [-0.05, 0) is 30.1 Å². The van der Waals surface area contributed by atoms with Crippen LogP contribution in [0, 0.1) is 12.7 Å². The monoisotopic (exact) mass is 238 g/mol. The van der Waals surface area contributed by atoms with Crippen molar-refractivity contribution in [1.29, 1.82) is 0 Å². The summed E-state index contributed by atoms with van der Waals surface area (Å²) in [6.07, 6.45) is -0.492. The minimum absolute atomic E-state index is 0.247. The first-order valence-corrected chi connectivity index (χ1v) is 5.66. The third-order valence-electron chi connectivity index (χ3n) is 2.36. The Morgan fingerprint density at radius 1 is 1.44 bits per heavy atom. The average Bonchev–Trinajstić information content (AvgIpc) is 2.68. The second kappa shape index (κ2) is 4.67. The van der Waals surface area contributed by atoms with E-state index in [-0.39, 0.29) is 12.2 Å². The normalized spacial score (nSPS) is 12.7. The number of hydrogen-bond donors (Lipinski definition) is 1. The number of aryl methyl sites for hydroxylation is 1. The van der Waals surface area contributed by atoms with Crippen molar-refractivity contribution in [2.75, 3.05) is 0 Å². The van der Waals surface area contributed by atoms with Crippen LogP contribution < -0.4 is 0 Å². The van der Waals surface area contributed by atoms with E-state index in [2.05, 4.69) is 9.59 Å². The zero-order valence-corrected chi connectivity index (χ0v) is 9.54. The Balaban J connectivity index is 2.17. The van der Waals surface area contributed by atoms with Gasteiger partial charge in [-0.25, -0.2) is 4.39 Å². The van der Waals surface area contributed by atoms with Crippen LogP contribution in [-0.2, 0) is 6.42 Å². The Morgan fingerprint density at radius 2 is 2.19 bits per heavy atom. The van der Waals surface area contributed by atoms with Crippen molar-refractivity contribution in [2.45, 2.75) is 19.4 Å². The van der Waals surface area contributed by atoms with Gasteiger partial charge in [0, 0.05) is 6.42 Å². The lowest BCUT2D eigenvalue weighted by Crippen LogP contribution is -2.03. The lowest BCUT2D eigenvalue weighted by atomic mass is 10.1. The van der Waals surface area contributed by atoms with Gasteiger partial charge < -0.3 is 5.11 Å². The van der Waals surface area contributed by atoms with Gasteiger partial charge in [-0.3, -0.25) is 0 Å². The molecular formula is C11H11FN2OS. The summed E-state index contributed by atoms with van der Waals surface area (Å²) in [5, 5.41) is 13.7. The first-order valence-electron chi connectivity index (χ1n) is 4.89. The van der Waals surface area contributed by atoms with E-state index in [9.17, 15) is 9.50 Å². The van der Waals surface area contributed by atoms with Gasteiger partial charge in [0.2, 0.25) is 0 Å². The average molecular weight is 238 g/mol. The van der Waals surface area contributed by atoms with Crippen molar-refractivity contribution in [3.63, 3.8) is 0 Å². The van der Waals surface area contributed by atoms with E-state index < -0.39 is 6.10 Å². The fourth-order valence-electron chi connectivity index (χ4n) is 1.51. The summed E-state index contributed by atoms with van der Waals surface area (Å²) >= 11 is 1.15. The Hall–Kier alpha value is -1.33. The molecular weight excluding hydrogens is 227 g/mol. The third kappa shape index (κ3) is 2.25. The SMILES string of the molecule is Cc1nnsc1C(O)Cc1ccccc1F. The number of nitrogens with zero attached hydrogens (tertiary/aromatic N) is 2. The van der Waals surface area contributed by atoms with Gasteiger partial charge in [0.15, 0.2) is 0 Å². The molecule has 0 amide bonds. The van der Waals surface area contributed by atoms with Crippen LogP contribution in [0.2, 0.25) is 0 Å². The Kier molecular flexibility index (Phi) is 3.26. The van der Waals surface area contributed by atoms with Crippen LogP contribution in [-0.4, -0.2) is 14.7 Å². The maximum atomic E-state index is 13.4. The first kappa shape index (κ1) is 11.2. The van der Waals surface area contributed by atoms with Crippen LogP contribution in [0.5, 0.6) is 0 Å². The number of halogens is 1. The van der Waals surface area contributed by atoms with Gasteiger partial charge in [0.1, 0.15) is 5.82 Å². The fourth-order valence-corrected chi connectivity index (χ4v) is 2.14. The standard InChI is InChI=1S/C11H11FN2OS/c1-7-11(16-14-13-7)10(15)6-8-4-2-3-5-9(8)12/h2-5,10,15H,6H2,1H3. The molecule has 0 spiro atoms. The molecule has 1 aromatic carbocycles. The molecule has 0 aliphatic carbocycles. The lowest BCUT2D eigenvalue weighted by Gasteiger charge is -2.09. The van der Waals surface area contributed by atoms with Crippen LogP contribution in [0.3, 0.4) is 0 Å². The molecule has 0 saturated heterocycles. The zero-order chi connectivity index (χ0) is 11.5. The maximum Gasteiger partial charge on any atom is 0.126 e. The molecule has 0 saturated carbocycles. The summed E-state index contributed by atoms with van der Waals surface area (Å²) in [7, 11) is 0. The van der Waals surface area contributed by atoms with Gasteiger partial charge in [-0.15, -0.1) is 5.10 Å². The van der Waals surface area contributed by atoms with Crippen LogP contribution in [0.15, 0.2) is 24.3 Å². The summed E-state index contributed by atoms with van der Waals surface area (Å²) in [5.74, 6) is -0.295. The molecule has 0 aliphatic heterocycles. The van der Waals surface area contributed by atoms with Crippen molar-refractivity contribution in [1.82, 2.24) is 9.59 Å². The van der Waals surface area contributed by atoms with Crippen LogP contribution in [0.1, 0.15) is 22.2 Å². The molecule has 16 heavy (non-hydrogen) atoms. The van der Waals surface area contributed by atoms with Gasteiger partial charge in [0.05, 0.1) is 16.7 Å². The smallest absolute Gasteiger partial charge is 0.126 e. The van der Waals surface area contributed by atoms with E-state index in [1.807, 2.05) is 0 Å². The number of aromatic nitrogens is 2. The molecule has 2 rings (SSSR count). The van der Waals surface area contributed by atoms with Crippen molar-refractivity contribution in [2.24, 2.45) is 0 Å². The zero-order valence-electron chi connectivity index (χ0n) is 8.72. The second-order valence-corrected chi connectivity index (χ2v) is 4.32. The highest BCUT2D eigenvalue weighted by atomic mass is 32.1. The maximum absolute atomic E-state index is 13.4. The van der Waals surface area contributed by atoms with E-state index in [4.69, 9.17) is 0 Å². The van der Waals surface area contributed by atoms with E-state index in [0.717, 1.165) is 11.5 Å².